The largest absolute Gasteiger partial charge is 0.0629 e. The molecule has 9 aromatic rings. The lowest BCUT2D eigenvalue weighted by molar-refractivity contribution is 0.715. The average molecular weight is 613 g/mol. The Morgan fingerprint density at radius 2 is 1.04 bits per heavy atom. The number of hydrogen-bond acceptors (Lipinski definition) is 0. The molecule has 9 aromatic carbocycles. The van der Waals surface area contributed by atoms with E-state index >= 15 is 0 Å². The van der Waals surface area contributed by atoms with Crippen molar-refractivity contribution in [2.24, 2.45) is 0 Å². The Bertz CT molecular complexity index is 2930. The van der Waals surface area contributed by atoms with Gasteiger partial charge in [0.25, 0.3) is 0 Å². The lowest BCUT2D eigenvalue weighted by atomic mass is 9.74. The zero-order valence-electron chi connectivity index (χ0n) is 30.4. The van der Waals surface area contributed by atoms with E-state index in [0.29, 0.717) is 16.7 Å². The van der Waals surface area contributed by atoms with E-state index in [-0.39, 0.29) is 24.2 Å². The molecule has 1 aliphatic carbocycles. The molecule has 0 spiro atoms. The van der Waals surface area contributed by atoms with Gasteiger partial charge >= 0.3 is 0 Å². The summed E-state index contributed by atoms with van der Waals surface area (Å²) in [6.07, 6.45) is 0. The Kier molecular flexibility index (Phi) is 4.99. The summed E-state index contributed by atoms with van der Waals surface area (Å²) in [4.78, 5) is 0. The molecule has 0 saturated carbocycles. The van der Waals surface area contributed by atoms with Gasteiger partial charge in [0.2, 0.25) is 0 Å². The van der Waals surface area contributed by atoms with E-state index in [0.717, 1.165) is 70.9 Å². The summed E-state index contributed by atoms with van der Waals surface area (Å²) in [7, 11) is 0. The lowest BCUT2D eigenvalue weighted by Gasteiger charge is -2.28. The van der Waals surface area contributed by atoms with E-state index in [9.17, 15) is 5.48 Å². The van der Waals surface area contributed by atoms with Crippen LogP contribution >= 0.6 is 0 Å². The second kappa shape index (κ2) is 10.3. The summed E-state index contributed by atoms with van der Waals surface area (Å²) in [6, 6.07) is 52.0. The molecule has 0 amide bonds. The Morgan fingerprint density at radius 3 is 1.83 bits per heavy atom. The molecular formula is C48H32. The van der Waals surface area contributed by atoms with E-state index in [1.807, 2.05) is 54.6 Å². The summed E-state index contributed by atoms with van der Waals surface area (Å²) >= 11 is 0. The van der Waals surface area contributed by atoms with Crippen LogP contribution in [0, 0.1) is 0 Å². The van der Waals surface area contributed by atoms with E-state index in [1.54, 1.807) is 0 Å². The number of benzene rings is 9. The lowest BCUT2D eigenvalue weighted by Crippen LogP contribution is -2.22. The van der Waals surface area contributed by atoms with Crippen molar-refractivity contribution in [3.8, 4) is 33.4 Å². The first kappa shape index (κ1) is 23.4. The van der Waals surface area contributed by atoms with Crippen LogP contribution < -0.4 is 0 Å². The van der Waals surface area contributed by atoms with Crippen molar-refractivity contribution in [1.82, 2.24) is 0 Å². The molecule has 0 N–H and O–H groups in total. The van der Waals surface area contributed by atoms with Crippen LogP contribution in [0.2, 0.25) is 0 Å². The van der Waals surface area contributed by atoms with E-state index in [2.05, 4.69) is 104 Å². The molecule has 224 valence electrons. The fourth-order valence-corrected chi connectivity index (χ4v) is 8.22. The third-order valence-electron chi connectivity index (χ3n) is 10.6. The third kappa shape index (κ3) is 3.84. The van der Waals surface area contributed by atoms with Crippen LogP contribution in [-0.4, -0.2) is 0 Å². The predicted octanol–water partition coefficient (Wildman–Crippen LogP) is 13.0. The van der Waals surface area contributed by atoms with Gasteiger partial charge in [0.1, 0.15) is 0 Å². The van der Waals surface area contributed by atoms with Crippen LogP contribution in [-0.2, 0) is 5.41 Å². The maximum absolute atomic E-state index is 9.66. The fraction of sp³-hybridized carbons (Fsp3) is 0.0417. The average Bonchev–Trinajstić information content (AvgIpc) is 3.44. The molecule has 0 radical (unpaired) electrons. The molecule has 0 nitrogen and oxygen atoms in total. The van der Waals surface area contributed by atoms with Gasteiger partial charge in [-0.25, -0.2) is 0 Å². The predicted molar refractivity (Wildman–Crippen MR) is 205 cm³/mol. The Morgan fingerprint density at radius 1 is 0.396 bits per heavy atom. The Balaban J connectivity index is 1.28. The normalized spacial score (nSPS) is 16.4. The second-order valence-corrected chi connectivity index (χ2v) is 13.1. The molecule has 0 heterocycles. The first-order valence-corrected chi connectivity index (χ1v) is 16.5. The van der Waals surface area contributed by atoms with Gasteiger partial charge < -0.3 is 0 Å². The highest BCUT2D eigenvalue weighted by molar-refractivity contribution is 6.20. The van der Waals surface area contributed by atoms with Crippen molar-refractivity contribution in [2.75, 3.05) is 0 Å². The van der Waals surface area contributed by atoms with Crippen molar-refractivity contribution in [1.29, 1.82) is 0 Å². The Labute approximate surface area is 286 Å². The SMILES string of the molecule is [2H]c1c([2H])c(-c2c3ccccc3cc3c2ccc2ccccc23)c([2H])c([2H])c1-c1cccc2c1-c1cc3ccccc3cc1C2(C)c1ccccc1. The number of hydrogen-bond donors (Lipinski definition) is 0. The van der Waals surface area contributed by atoms with Crippen molar-refractivity contribution >= 4 is 43.1 Å². The molecular weight excluding hydrogens is 577 g/mol. The van der Waals surface area contributed by atoms with E-state index < -0.39 is 5.41 Å². The standard InChI is InChI=1S/C48H32/c1-48(37-16-3-2-4-17-37)44-21-11-20-39(47(44)43-28-34-13-5-6-14-35(34)30-45(43)48)32-22-24-33(25-23-32)46-40-19-10-8-15-36(40)29-42-38-18-9-7-12-31(38)26-27-41(42)46/h2-30H,1H3/i22D,23D,24D,25D. The maximum atomic E-state index is 9.66. The first-order valence-electron chi connectivity index (χ1n) is 18.5. The van der Waals surface area contributed by atoms with Crippen LogP contribution in [0.4, 0.5) is 0 Å². The number of rotatable bonds is 3. The van der Waals surface area contributed by atoms with Crippen LogP contribution in [0.3, 0.4) is 0 Å². The summed E-state index contributed by atoms with van der Waals surface area (Å²) in [5.41, 5.74) is 7.04. The van der Waals surface area contributed by atoms with E-state index in [1.165, 1.54) is 5.56 Å². The molecule has 10 rings (SSSR count). The number of fused-ring (bicyclic) bond motifs is 8. The van der Waals surface area contributed by atoms with Gasteiger partial charge in [-0.05, 0) is 118 Å². The van der Waals surface area contributed by atoms with Gasteiger partial charge in [0.05, 0.1) is 5.48 Å². The molecule has 0 fully saturated rings. The van der Waals surface area contributed by atoms with Crippen LogP contribution in [0.1, 0.15) is 29.1 Å². The van der Waals surface area contributed by atoms with Crippen molar-refractivity contribution < 1.29 is 5.48 Å². The molecule has 1 aliphatic rings. The highest BCUT2D eigenvalue weighted by Gasteiger charge is 2.42. The first-order chi connectivity index (χ1) is 25.4. The van der Waals surface area contributed by atoms with E-state index in [4.69, 9.17) is 0 Å². The minimum absolute atomic E-state index is 0.0398. The van der Waals surface area contributed by atoms with Gasteiger partial charge in [0.15, 0.2) is 0 Å². The van der Waals surface area contributed by atoms with Crippen LogP contribution in [0.5, 0.6) is 0 Å². The summed E-state index contributed by atoms with van der Waals surface area (Å²) in [5, 5.41) is 8.30. The van der Waals surface area contributed by atoms with Gasteiger partial charge in [-0.15, -0.1) is 0 Å². The zero-order valence-corrected chi connectivity index (χ0v) is 26.4. The highest BCUT2D eigenvalue weighted by Crippen LogP contribution is 2.56. The van der Waals surface area contributed by atoms with Gasteiger partial charge in [-0.1, -0.05) is 158 Å². The molecule has 48 heavy (non-hydrogen) atoms. The Hall–Kier alpha value is -5.98. The molecule has 0 bridgehead atoms. The van der Waals surface area contributed by atoms with Crippen molar-refractivity contribution in [3.05, 3.63) is 193 Å². The van der Waals surface area contributed by atoms with Crippen molar-refractivity contribution in [2.45, 2.75) is 12.3 Å². The zero-order chi connectivity index (χ0) is 35.3. The maximum Gasteiger partial charge on any atom is 0.0629 e. The van der Waals surface area contributed by atoms with Crippen LogP contribution in [0.15, 0.2) is 176 Å². The minimum Gasteiger partial charge on any atom is -0.0622 e. The fourth-order valence-electron chi connectivity index (χ4n) is 8.22. The molecule has 1 atom stereocenters. The molecule has 0 saturated heterocycles. The quantitative estimate of drug-likeness (QED) is 0.138. The van der Waals surface area contributed by atoms with Crippen molar-refractivity contribution in [3.63, 3.8) is 0 Å². The van der Waals surface area contributed by atoms with Gasteiger partial charge in [-0.2, -0.15) is 0 Å². The van der Waals surface area contributed by atoms with Gasteiger partial charge in [0, 0.05) is 5.41 Å². The molecule has 0 heteroatoms. The summed E-state index contributed by atoms with van der Waals surface area (Å²) in [5.74, 6) is 0. The molecule has 0 aromatic heterocycles. The minimum atomic E-state index is -0.492. The second-order valence-electron chi connectivity index (χ2n) is 13.1. The monoisotopic (exact) mass is 612 g/mol. The van der Waals surface area contributed by atoms with Crippen LogP contribution in [0.25, 0.3) is 76.5 Å². The van der Waals surface area contributed by atoms with Gasteiger partial charge in [-0.3, -0.25) is 0 Å². The topological polar surface area (TPSA) is 0 Å². The molecule has 0 aliphatic heterocycles. The summed E-state index contributed by atoms with van der Waals surface area (Å²) < 4.78 is 38.6. The summed E-state index contributed by atoms with van der Waals surface area (Å²) in [6.45, 7) is 2.26. The smallest absolute Gasteiger partial charge is 0.0622 e. The highest BCUT2D eigenvalue weighted by atomic mass is 14.4. The third-order valence-corrected chi connectivity index (χ3v) is 10.6. The molecule has 1 unspecified atom stereocenters.